The highest BCUT2D eigenvalue weighted by Crippen LogP contribution is 2.09. The van der Waals surface area contributed by atoms with E-state index in [1.54, 1.807) is 0 Å². The monoisotopic (exact) mass is 320 g/mol. The van der Waals surface area contributed by atoms with E-state index in [4.69, 9.17) is 4.74 Å². The van der Waals surface area contributed by atoms with E-state index in [1.165, 1.54) is 0 Å². The molecule has 1 aromatic rings. The molecule has 0 aliphatic heterocycles. The lowest BCUT2D eigenvalue weighted by Gasteiger charge is -2.19. The van der Waals surface area contributed by atoms with Crippen LogP contribution in [0.4, 0.5) is 10.5 Å². The number of benzene rings is 1. The first kappa shape index (κ1) is 19.0. The van der Waals surface area contributed by atoms with Gasteiger partial charge in [0, 0.05) is 18.7 Å². The number of hydrogen-bond donors (Lipinski definition) is 2. The average molecular weight is 320 g/mol. The number of alkyl carbamates (subject to hydrolysis) is 1. The van der Waals surface area contributed by atoms with Crippen molar-refractivity contribution in [3.8, 4) is 0 Å². The summed E-state index contributed by atoms with van der Waals surface area (Å²) < 4.78 is 5.15. The summed E-state index contributed by atoms with van der Waals surface area (Å²) in [4.78, 5) is 23.2. The third-order valence-corrected chi connectivity index (χ3v) is 3.06. The number of nitrogens with one attached hydrogen (secondary N) is 2. The highest BCUT2D eigenvalue weighted by atomic mass is 16.6. The maximum absolute atomic E-state index is 11.7. The van der Waals surface area contributed by atoms with E-state index >= 15 is 0 Å². The summed E-state index contributed by atoms with van der Waals surface area (Å²) in [7, 11) is 0. The standard InChI is InChI=1S/C18H28N2O3/c1-18(2,3)23-17(22)19-14-10-5-4-9-13-16(21)20-15-11-7-6-8-12-15/h6-8,11-12H,4-5,9-10,13-14H2,1-3H3,(H,19,22)(H,20,21). The maximum Gasteiger partial charge on any atom is 0.407 e. The van der Waals surface area contributed by atoms with Gasteiger partial charge in [-0.15, -0.1) is 0 Å². The van der Waals surface area contributed by atoms with Gasteiger partial charge in [-0.05, 0) is 45.7 Å². The van der Waals surface area contributed by atoms with Crippen LogP contribution in [0.25, 0.3) is 0 Å². The summed E-state index contributed by atoms with van der Waals surface area (Å²) in [5, 5.41) is 5.60. The van der Waals surface area contributed by atoms with E-state index in [1.807, 2.05) is 51.1 Å². The van der Waals surface area contributed by atoms with Crippen molar-refractivity contribution in [3.63, 3.8) is 0 Å². The quantitative estimate of drug-likeness (QED) is 0.709. The first-order valence-corrected chi connectivity index (χ1v) is 8.18. The Morgan fingerprint density at radius 3 is 2.30 bits per heavy atom. The van der Waals surface area contributed by atoms with Crippen molar-refractivity contribution in [2.45, 2.75) is 58.5 Å². The van der Waals surface area contributed by atoms with Gasteiger partial charge in [0.2, 0.25) is 5.91 Å². The second-order valence-corrected chi connectivity index (χ2v) is 6.51. The van der Waals surface area contributed by atoms with Crippen molar-refractivity contribution in [1.82, 2.24) is 5.32 Å². The molecule has 0 aromatic heterocycles. The predicted molar refractivity (Wildman–Crippen MR) is 92.4 cm³/mol. The molecule has 23 heavy (non-hydrogen) atoms. The highest BCUT2D eigenvalue weighted by Gasteiger charge is 2.15. The second kappa shape index (κ2) is 9.87. The summed E-state index contributed by atoms with van der Waals surface area (Å²) in [6, 6.07) is 9.46. The molecule has 5 nitrogen and oxygen atoms in total. The van der Waals surface area contributed by atoms with Gasteiger partial charge in [-0.2, -0.15) is 0 Å². The van der Waals surface area contributed by atoms with Gasteiger partial charge in [-0.3, -0.25) is 4.79 Å². The Balaban J connectivity index is 1.99. The minimum absolute atomic E-state index is 0.0445. The lowest BCUT2D eigenvalue weighted by atomic mass is 10.1. The summed E-state index contributed by atoms with van der Waals surface area (Å²) in [5.74, 6) is 0.0445. The summed E-state index contributed by atoms with van der Waals surface area (Å²) in [6.07, 6.45) is 3.84. The molecule has 128 valence electrons. The third kappa shape index (κ3) is 10.3. The smallest absolute Gasteiger partial charge is 0.407 e. The molecule has 0 spiro atoms. The van der Waals surface area contributed by atoms with Crippen LogP contribution in [0.3, 0.4) is 0 Å². The summed E-state index contributed by atoms with van der Waals surface area (Å²) in [6.45, 7) is 6.12. The molecule has 1 aromatic carbocycles. The Labute approximate surface area is 138 Å². The number of carbonyl (C=O) groups is 2. The Morgan fingerprint density at radius 1 is 1.00 bits per heavy atom. The van der Waals surface area contributed by atoms with Gasteiger partial charge in [-0.1, -0.05) is 31.0 Å². The Morgan fingerprint density at radius 2 is 1.65 bits per heavy atom. The van der Waals surface area contributed by atoms with Crippen LogP contribution in [0.15, 0.2) is 30.3 Å². The number of rotatable bonds is 8. The van der Waals surface area contributed by atoms with Crippen LogP contribution in [0, 0.1) is 0 Å². The van der Waals surface area contributed by atoms with Crippen molar-refractivity contribution < 1.29 is 14.3 Å². The van der Waals surface area contributed by atoms with Gasteiger partial charge in [-0.25, -0.2) is 4.79 Å². The van der Waals surface area contributed by atoms with Crippen molar-refractivity contribution in [3.05, 3.63) is 30.3 Å². The topological polar surface area (TPSA) is 67.4 Å². The zero-order valence-electron chi connectivity index (χ0n) is 14.4. The minimum atomic E-state index is -0.462. The molecule has 0 atom stereocenters. The summed E-state index contributed by atoms with van der Waals surface area (Å²) >= 11 is 0. The van der Waals surface area contributed by atoms with E-state index in [0.29, 0.717) is 13.0 Å². The van der Waals surface area contributed by atoms with Crippen LogP contribution >= 0.6 is 0 Å². The Hall–Kier alpha value is -2.04. The molecule has 5 heteroatoms. The Bertz CT molecular complexity index is 481. The van der Waals surface area contributed by atoms with Crippen molar-refractivity contribution in [2.24, 2.45) is 0 Å². The molecule has 0 saturated carbocycles. The number of para-hydroxylation sites is 1. The SMILES string of the molecule is CC(C)(C)OC(=O)NCCCCCCC(=O)Nc1ccccc1. The largest absolute Gasteiger partial charge is 0.444 e. The number of ether oxygens (including phenoxy) is 1. The van der Waals surface area contributed by atoms with Gasteiger partial charge < -0.3 is 15.4 Å². The molecule has 0 radical (unpaired) electrons. The zero-order chi connectivity index (χ0) is 17.1. The predicted octanol–water partition coefficient (Wildman–Crippen LogP) is 4.10. The van der Waals surface area contributed by atoms with Crippen molar-refractivity contribution in [2.75, 3.05) is 11.9 Å². The molecular formula is C18H28N2O3. The van der Waals surface area contributed by atoms with E-state index < -0.39 is 5.60 Å². The van der Waals surface area contributed by atoms with Crippen LogP contribution in [-0.4, -0.2) is 24.1 Å². The number of unbranched alkanes of at least 4 members (excludes halogenated alkanes) is 3. The number of carbonyl (C=O) groups excluding carboxylic acids is 2. The van der Waals surface area contributed by atoms with Gasteiger partial charge in [0.05, 0.1) is 0 Å². The van der Waals surface area contributed by atoms with Crippen molar-refractivity contribution >= 4 is 17.7 Å². The molecule has 1 rings (SSSR count). The number of anilines is 1. The van der Waals surface area contributed by atoms with E-state index in [0.717, 1.165) is 31.4 Å². The number of hydrogen-bond acceptors (Lipinski definition) is 3. The Kier molecular flexibility index (Phi) is 8.16. The molecule has 2 amide bonds. The first-order chi connectivity index (χ1) is 10.9. The fourth-order valence-electron chi connectivity index (χ4n) is 2.01. The van der Waals surface area contributed by atoms with Crippen LogP contribution in [0.5, 0.6) is 0 Å². The number of amides is 2. The van der Waals surface area contributed by atoms with E-state index in [-0.39, 0.29) is 12.0 Å². The van der Waals surface area contributed by atoms with Crippen LogP contribution in [0.1, 0.15) is 52.9 Å². The van der Waals surface area contributed by atoms with Crippen molar-refractivity contribution in [1.29, 1.82) is 0 Å². The highest BCUT2D eigenvalue weighted by molar-refractivity contribution is 5.90. The van der Waals surface area contributed by atoms with E-state index in [9.17, 15) is 9.59 Å². The summed E-state index contributed by atoms with van der Waals surface area (Å²) in [5.41, 5.74) is 0.370. The normalized spacial score (nSPS) is 10.9. The molecule has 0 bridgehead atoms. The second-order valence-electron chi connectivity index (χ2n) is 6.51. The molecule has 0 saturated heterocycles. The fraction of sp³-hybridized carbons (Fsp3) is 0.556. The molecular weight excluding hydrogens is 292 g/mol. The van der Waals surface area contributed by atoms with Crippen LogP contribution < -0.4 is 10.6 Å². The van der Waals surface area contributed by atoms with Gasteiger partial charge in [0.1, 0.15) is 5.60 Å². The molecule has 0 aliphatic rings. The van der Waals surface area contributed by atoms with Gasteiger partial charge in [0.15, 0.2) is 0 Å². The molecule has 0 heterocycles. The van der Waals surface area contributed by atoms with Crippen LogP contribution in [0.2, 0.25) is 0 Å². The van der Waals surface area contributed by atoms with Gasteiger partial charge >= 0.3 is 6.09 Å². The molecule has 0 aliphatic carbocycles. The van der Waals surface area contributed by atoms with E-state index in [2.05, 4.69) is 10.6 Å². The lowest BCUT2D eigenvalue weighted by molar-refractivity contribution is -0.116. The maximum atomic E-state index is 11.7. The zero-order valence-corrected chi connectivity index (χ0v) is 14.4. The average Bonchev–Trinajstić information content (AvgIpc) is 2.45. The fourth-order valence-corrected chi connectivity index (χ4v) is 2.01. The lowest BCUT2D eigenvalue weighted by Crippen LogP contribution is -2.32. The minimum Gasteiger partial charge on any atom is -0.444 e. The molecule has 0 unspecified atom stereocenters. The molecule has 2 N–H and O–H groups in total. The first-order valence-electron chi connectivity index (χ1n) is 8.18. The molecule has 0 fully saturated rings. The van der Waals surface area contributed by atoms with Gasteiger partial charge in [0.25, 0.3) is 0 Å². The van der Waals surface area contributed by atoms with Crippen LogP contribution in [-0.2, 0) is 9.53 Å². The third-order valence-electron chi connectivity index (χ3n) is 3.06.